The maximum Gasteiger partial charge on any atom is 0.338 e. The molecular weight excluding hydrogens is 384 g/mol. The molecule has 0 aromatic carbocycles. The lowest BCUT2D eigenvalue weighted by Gasteiger charge is -2.14. The van der Waals surface area contributed by atoms with Crippen molar-refractivity contribution in [2.24, 2.45) is 11.8 Å². The summed E-state index contributed by atoms with van der Waals surface area (Å²) >= 11 is 0. The lowest BCUT2D eigenvalue weighted by atomic mass is 9.87. The first-order valence-electron chi connectivity index (χ1n) is 10.9. The third kappa shape index (κ3) is 12.9. The first-order valence-corrected chi connectivity index (χ1v) is 10.9. The van der Waals surface area contributed by atoms with Gasteiger partial charge >= 0.3 is 23.9 Å². The first kappa shape index (κ1) is 27.5. The second-order valence-electron chi connectivity index (χ2n) is 6.99. The maximum absolute atomic E-state index is 11.4. The molecule has 0 amide bonds. The number of hydrogen-bond donors (Lipinski definition) is 0. The Hall–Kier alpha value is -2.50. The summed E-state index contributed by atoms with van der Waals surface area (Å²) in [5.41, 5.74) is 0. The van der Waals surface area contributed by atoms with Crippen LogP contribution in [0.5, 0.6) is 0 Å². The van der Waals surface area contributed by atoms with Crippen molar-refractivity contribution in [1.82, 2.24) is 0 Å². The van der Waals surface area contributed by atoms with Gasteiger partial charge in [-0.15, -0.1) is 0 Å². The van der Waals surface area contributed by atoms with Crippen LogP contribution >= 0.6 is 0 Å². The van der Waals surface area contributed by atoms with Crippen LogP contribution in [0.2, 0.25) is 0 Å². The Morgan fingerprint density at radius 2 is 1.53 bits per heavy atom. The number of esters is 4. The minimum atomic E-state index is -0.579. The van der Waals surface area contributed by atoms with Gasteiger partial charge in [-0.1, -0.05) is 71.3 Å². The van der Waals surface area contributed by atoms with Crippen LogP contribution in [-0.2, 0) is 28.7 Å². The highest BCUT2D eigenvalue weighted by Gasteiger charge is 2.37. The molecule has 2 rings (SSSR count). The van der Waals surface area contributed by atoms with Crippen LogP contribution < -0.4 is 0 Å². The number of allylic oxidation sites excluding steroid dienone is 4. The van der Waals surface area contributed by atoms with Crippen LogP contribution in [0.3, 0.4) is 0 Å². The van der Waals surface area contributed by atoms with E-state index in [-0.39, 0.29) is 30.2 Å². The third-order valence-electron chi connectivity index (χ3n) is 4.34. The second-order valence-corrected chi connectivity index (χ2v) is 6.99. The van der Waals surface area contributed by atoms with Crippen LogP contribution in [0.25, 0.3) is 0 Å². The molecule has 0 aromatic rings. The van der Waals surface area contributed by atoms with Crippen LogP contribution in [0.15, 0.2) is 36.5 Å². The van der Waals surface area contributed by atoms with E-state index in [4.69, 9.17) is 0 Å². The molecular formula is C24H36O6. The predicted molar refractivity (Wildman–Crippen MR) is 116 cm³/mol. The van der Waals surface area contributed by atoms with E-state index in [1.165, 1.54) is 25.7 Å². The average Bonchev–Trinajstić information content (AvgIpc) is 3.26. The molecule has 2 aliphatic rings. The van der Waals surface area contributed by atoms with Gasteiger partial charge in [0.2, 0.25) is 0 Å². The fourth-order valence-corrected chi connectivity index (χ4v) is 2.80. The van der Waals surface area contributed by atoms with Gasteiger partial charge in [0.05, 0.1) is 12.3 Å². The summed E-state index contributed by atoms with van der Waals surface area (Å²) in [6.07, 6.45) is 19.0. The molecule has 0 saturated carbocycles. The molecule has 0 bridgehead atoms. The van der Waals surface area contributed by atoms with Gasteiger partial charge in [0, 0.05) is 12.2 Å². The van der Waals surface area contributed by atoms with Crippen LogP contribution in [0.1, 0.15) is 79.1 Å². The van der Waals surface area contributed by atoms with Gasteiger partial charge in [-0.2, -0.15) is 0 Å². The molecule has 1 fully saturated rings. The molecule has 2 aliphatic heterocycles. The topological polar surface area (TPSA) is 86.7 Å². The van der Waals surface area contributed by atoms with Crippen molar-refractivity contribution in [1.29, 1.82) is 0 Å². The molecule has 6 heteroatoms. The minimum Gasteiger partial charge on any atom is -0.393 e. The van der Waals surface area contributed by atoms with Gasteiger partial charge in [0.15, 0.2) is 0 Å². The Morgan fingerprint density at radius 3 is 1.93 bits per heavy atom. The summed E-state index contributed by atoms with van der Waals surface area (Å²) in [7, 11) is 0. The Kier molecular flexibility index (Phi) is 15.9. The molecule has 0 aliphatic carbocycles. The minimum absolute atomic E-state index is 0.161. The monoisotopic (exact) mass is 420 g/mol. The summed E-state index contributed by atoms with van der Waals surface area (Å²) in [5, 5.41) is 0. The highest BCUT2D eigenvalue weighted by Crippen LogP contribution is 2.28. The standard InChI is InChI=1S/C12H18O3.C8H16.C4H2O3/c1-3-5-7-9(6-4-2)10-8-11(13)15-12(10)14;1-3-5-7-8-6-4-2;5-3-1-2-4(6)7-3/h5,7,9-10H,3-4,6,8H2,1-2H3;5,7H,3-4,6,8H2,1-2H3;1-2H/b2*7-5+;. The fraction of sp³-hybridized carbons (Fsp3) is 0.583. The van der Waals surface area contributed by atoms with Crippen molar-refractivity contribution in [3.63, 3.8) is 0 Å². The Morgan fingerprint density at radius 1 is 0.900 bits per heavy atom. The van der Waals surface area contributed by atoms with Gasteiger partial charge in [-0.25, -0.2) is 9.59 Å². The molecule has 1 saturated heterocycles. The molecule has 0 spiro atoms. The van der Waals surface area contributed by atoms with Crippen LogP contribution in [-0.4, -0.2) is 23.9 Å². The van der Waals surface area contributed by atoms with Gasteiger partial charge in [0.1, 0.15) is 0 Å². The quantitative estimate of drug-likeness (QED) is 0.220. The highest BCUT2D eigenvalue weighted by molar-refractivity contribution is 6.04. The van der Waals surface area contributed by atoms with E-state index in [1.807, 2.05) is 6.08 Å². The zero-order valence-corrected chi connectivity index (χ0v) is 18.7. The molecule has 0 aromatic heterocycles. The van der Waals surface area contributed by atoms with Gasteiger partial charge in [0.25, 0.3) is 0 Å². The molecule has 30 heavy (non-hydrogen) atoms. The van der Waals surface area contributed by atoms with E-state index < -0.39 is 11.9 Å². The fourth-order valence-electron chi connectivity index (χ4n) is 2.80. The molecule has 0 radical (unpaired) electrons. The number of rotatable bonds is 9. The Balaban J connectivity index is 0.000000471. The van der Waals surface area contributed by atoms with Crippen molar-refractivity contribution in [2.45, 2.75) is 79.1 Å². The van der Waals surface area contributed by atoms with Crippen molar-refractivity contribution in [2.75, 3.05) is 0 Å². The summed E-state index contributed by atoms with van der Waals surface area (Å²) in [6, 6.07) is 0. The van der Waals surface area contributed by atoms with Gasteiger partial charge in [-0.3, -0.25) is 9.59 Å². The van der Waals surface area contributed by atoms with Crippen molar-refractivity contribution < 1.29 is 28.7 Å². The molecule has 0 N–H and O–H groups in total. The molecule has 2 atom stereocenters. The van der Waals surface area contributed by atoms with Crippen LogP contribution in [0, 0.1) is 11.8 Å². The molecule has 2 unspecified atom stereocenters. The number of unbranched alkanes of at least 4 members (excludes halogenated alkanes) is 2. The zero-order valence-electron chi connectivity index (χ0n) is 18.7. The van der Waals surface area contributed by atoms with Crippen molar-refractivity contribution in [3.8, 4) is 0 Å². The van der Waals surface area contributed by atoms with E-state index in [1.54, 1.807) is 0 Å². The average molecular weight is 421 g/mol. The summed E-state index contributed by atoms with van der Waals surface area (Å²) in [5.74, 6) is -1.97. The Labute approximate surface area is 180 Å². The van der Waals surface area contributed by atoms with E-state index in [2.05, 4.69) is 55.4 Å². The van der Waals surface area contributed by atoms with Gasteiger partial charge in [-0.05, 0) is 31.6 Å². The largest absolute Gasteiger partial charge is 0.393 e. The van der Waals surface area contributed by atoms with E-state index in [0.29, 0.717) is 0 Å². The summed E-state index contributed by atoms with van der Waals surface area (Å²) in [6.45, 7) is 8.52. The molecule has 168 valence electrons. The summed E-state index contributed by atoms with van der Waals surface area (Å²) < 4.78 is 8.54. The normalized spacial score (nSPS) is 18.7. The Bertz CT molecular complexity index is 614. The third-order valence-corrected chi connectivity index (χ3v) is 4.34. The molecule has 6 nitrogen and oxygen atoms in total. The first-order chi connectivity index (χ1) is 14.4. The lowest BCUT2D eigenvalue weighted by Crippen LogP contribution is -2.17. The second kappa shape index (κ2) is 17.4. The van der Waals surface area contributed by atoms with E-state index >= 15 is 0 Å². The van der Waals surface area contributed by atoms with Gasteiger partial charge < -0.3 is 9.47 Å². The van der Waals surface area contributed by atoms with Crippen molar-refractivity contribution in [3.05, 3.63) is 36.5 Å². The number of carbonyl (C=O) groups excluding carboxylic acids is 4. The smallest absolute Gasteiger partial charge is 0.338 e. The predicted octanol–water partition coefficient (Wildman–Crippen LogP) is 5.23. The van der Waals surface area contributed by atoms with Crippen molar-refractivity contribution >= 4 is 23.9 Å². The lowest BCUT2D eigenvalue weighted by molar-refractivity contribution is -0.154. The number of carbonyl (C=O) groups is 4. The maximum atomic E-state index is 11.4. The molecule has 2 heterocycles. The van der Waals surface area contributed by atoms with Crippen LogP contribution in [0.4, 0.5) is 0 Å². The highest BCUT2D eigenvalue weighted by atomic mass is 16.6. The van der Waals surface area contributed by atoms with E-state index in [0.717, 1.165) is 31.4 Å². The summed E-state index contributed by atoms with van der Waals surface area (Å²) in [4.78, 5) is 42.2. The number of cyclic esters (lactones) is 4. The zero-order chi connectivity index (χ0) is 22.8. The number of ether oxygens (including phenoxy) is 2. The SMILES string of the molecule is CC/C=C/C(CCC)C1CC(=O)OC1=O.CC/C=C/CCCC.O=C1C=CC(=O)O1. The number of hydrogen-bond acceptors (Lipinski definition) is 6. The van der Waals surface area contributed by atoms with E-state index in [9.17, 15) is 19.2 Å².